The molecule has 1 unspecified atom stereocenters. The van der Waals surface area contributed by atoms with E-state index in [4.69, 9.17) is 22.1 Å². The quantitative estimate of drug-likeness (QED) is 0.843. The number of methoxy groups -OCH3 is 1. The average molecular weight is 326 g/mol. The summed E-state index contributed by atoms with van der Waals surface area (Å²) >= 11 is 7.89. The van der Waals surface area contributed by atoms with Crippen molar-refractivity contribution >= 4 is 28.1 Å². The lowest BCUT2D eigenvalue weighted by Gasteiger charge is -2.11. The van der Waals surface area contributed by atoms with Crippen LogP contribution in [0.5, 0.6) is 5.75 Å². The highest BCUT2D eigenvalue weighted by Gasteiger charge is 2.18. The zero-order valence-electron chi connectivity index (χ0n) is 12.4. The van der Waals surface area contributed by atoms with E-state index in [1.54, 1.807) is 18.4 Å². The molecule has 1 aromatic heterocycles. The van der Waals surface area contributed by atoms with E-state index in [2.05, 4.69) is 17.2 Å². The third kappa shape index (κ3) is 3.48. The average Bonchev–Trinajstić information content (AvgIpc) is 2.91. The fourth-order valence-electron chi connectivity index (χ4n) is 2.17. The number of anilines is 1. The molecule has 3 N–H and O–H groups in total. The molecule has 21 heavy (non-hydrogen) atoms. The van der Waals surface area contributed by atoms with Crippen molar-refractivity contribution in [1.82, 2.24) is 4.98 Å². The third-order valence-electron chi connectivity index (χ3n) is 3.34. The summed E-state index contributed by atoms with van der Waals surface area (Å²) in [4.78, 5) is 5.89. The molecule has 0 amide bonds. The first-order valence-corrected chi connectivity index (χ1v) is 8.02. The highest BCUT2D eigenvalue weighted by Crippen LogP contribution is 2.39. The molecule has 0 radical (unpaired) electrons. The van der Waals surface area contributed by atoms with Crippen molar-refractivity contribution in [3.63, 3.8) is 0 Å². The fraction of sp³-hybridized carbons (Fsp3) is 0.400. The highest BCUT2D eigenvalue weighted by atomic mass is 35.5. The number of halogens is 1. The number of thiazole rings is 1. The van der Waals surface area contributed by atoms with Crippen molar-refractivity contribution in [1.29, 1.82) is 0 Å². The number of aromatic nitrogens is 1. The summed E-state index contributed by atoms with van der Waals surface area (Å²) in [5.74, 6) is 1.03. The minimum Gasteiger partial charge on any atom is -0.495 e. The third-order valence-corrected chi connectivity index (χ3v) is 4.94. The standard InChI is InChI=1S/C15H20ClN3OS/c1-9(6-7-17)14-13(19-15(18-2)21-14)10-4-5-12(20-3)11(16)8-10/h4-5,8-9H,6-7,17H2,1-3H3,(H,18,19). The Morgan fingerprint density at radius 2 is 2.24 bits per heavy atom. The topological polar surface area (TPSA) is 60.2 Å². The Morgan fingerprint density at radius 3 is 2.81 bits per heavy atom. The van der Waals surface area contributed by atoms with E-state index in [9.17, 15) is 0 Å². The van der Waals surface area contributed by atoms with Crippen molar-refractivity contribution in [3.8, 4) is 17.0 Å². The maximum atomic E-state index is 6.23. The molecule has 2 rings (SSSR count). The van der Waals surface area contributed by atoms with Crippen LogP contribution in [-0.4, -0.2) is 25.7 Å². The molecule has 0 fully saturated rings. The Morgan fingerprint density at radius 1 is 1.48 bits per heavy atom. The molecule has 0 aliphatic rings. The Bertz CT molecular complexity index is 615. The summed E-state index contributed by atoms with van der Waals surface area (Å²) in [5.41, 5.74) is 7.65. The normalized spacial score (nSPS) is 12.2. The van der Waals surface area contributed by atoms with Crippen LogP contribution in [0.25, 0.3) is 11.3 Å². The van der Waals surface area contributed by atoms with Crippen LogP contribution in [0.1, 0.15) is 24.1 Å². The second-order valence-electron chi connectivity index (χ2n) is 4.81. The van der Waals surface area contributed by atoms with Crippen molar-refractivity contribution in [3.05, 3.63) is 28.1 Å². The second-order valence-corrected chi connectivity index (χ2v) is 6.25. The zero-order valence-corrected chi connectivity index (χ0v) is 14.0. The Labute approximate surface area is 134 Å². The monoisotopic (exact) mass is 325 g/mol. The Balaban J connectivity index is 2.46. The van der Waals surface area contributed by atoms with E-state index in [1.165, 1.54) is 4.88 Å². The van der Waals surface area contributed by atoms with Gasteiger partial charge in [-0.25, -0.2) is 4.98 Å². The summed E-state index contributed by atoms with van der Waals surface area (Å²) in [6, 6.07) is 5.75. The molecule has 1 atom stereocenters. The van der Waals surface area contributed by atoms with Crippen LogP contribution < -0.4 is 15.8 Å². The zero-order chi connectivity index (χ0) is 15.4. The van der Waals surface area contributed by atoms with E-state index < -0.39 is 0 Å². The Hall–Kier alpha value is -1.30. The van der Waals surface area contributed by atoms with Gasteiger partial charge in [0.1, 0.15) is 5.75 Å². The van der Waals surface area contributed by atoms with E-state index in [0.29, 0.717) is 23.2 Å². The molecule has 0 saturated heterocycles. The first-order valence-electron chi connectivity index (χ1n) is 6.83. The first-order chi connectivity index (χ1) is 10.1. The first kappa shape index (κ1) is 16.1. The number of nitrogens with two attached hydrogens (primary N) is 1. The molecule has 6 heteroatoms. The maximum absolute atomic E-state index is 6.23. The van der Waals surface area contributed by atoms with Gasteiger partial charge in [0.25, 0.3) is 0 Å². The molecule has 1 aromatic carbocycles. The molecule has 0 aliphatic carbocycles. The lowest BCUT2D eigenvalue weighted by Crippen LogP contribution is -2.04. The van der Waals surface area contributed by atoms with Crippen molar-refractivity contribution in [2.45, 2.75) is 19.3 Å². The van der Waals surface area contributed by atoms with Gasteiger partial charge in [-0.1, -0.05) is 18.5 Å². The lowest BCUT2D eigenvalue weighted by molar-refractivity contribution is 0.415. The van der Waals surface area contributed by atoms with Crippen LogP contribution in [0.3, 0.4) is 0 Å². The van der Waals surface area contributed by atoms with Gasteiger partial charge in [-0.3, -0.25) is 0 Å². The number of nitrogens with one attached hydrogen (secondary N) is 1. The Kier molecular flexibility index (Phi) is 5.45. The van der Waals surface area contributed by atoms with Gasteiger partial charge in [0, 0.05) is 17.5 Å². The molecule has 1 heterocycles. The smallest absolute Gasteiger partial charge is 0.183 e. The number of hydrogen-bond acceptors (Lipinski definition) is 5. The molecule has 2 aromatic rings. The van der Waals surface area contributed by atoms with Gasteiger partial charge in [0.2, 0.25) is 0 Å². The lowest BCUT2D eigenvalue weighted by atomic mass is 10.0. The summed E-state index contributed by atoms with van der Waals surface area (Å²) in [6.45, 7) is 2.84. The van der Waals surface area contributed by atoms with Gasteiger partial charge in [-0.2, -0.15) is 0 Å². The van der Waals surface area contributed by atoms with Gasteiger partial charge in [0.05, 0.1) is 17.8 Å². The van der Waals surface area contributed by atoms with E-state index in [0.717, 1.165) is 22.8 Å². The minimum absolute atomic E-state index is 0.366. The molecule has 0 aliphatic heterocycles. The van der Waals surface area contributed by atoms with E-state index >= 15 is 0 Å². The van der Waals surface area contributed by atoms with Crippen molar-refractivity contribution in [2.24, 2.45) is 5.73 Å². The summed E-state index contributed by atoms with van der Waals surface area (Å²) < 4.78 is 5.20. The second kappa shape index (κ2) is 7.11. The highest BCUT2D eigenvalue weighted by molar-refractivity contribution is 7.16. The van der Waals surface area contributed by atoms with Crippen LogP contribution >= 0.6 is 22.9 Å². The molecule has 4 nitrogen and oxygen atoms in total. The fourth-order valence-corrected chi connectivity index (χ4v) is 3.46. The summed E-state index contributed by atoms with van der Waals surface area (Å²) in [6.07, 6.45) is 0.933. The van der Waals surface area contributed by atoms with Gasteiger partial charge < -0.3 is 15.8 Å². The van der Waals surface area contributed by atoms with Crippen LogP contribution in [0.4, 0.5) is 5.13 Å². The van der Waals surface area contributed by atoms with E-state index in [1.807, 2.05) is 25.2 Å². The number of nitrogens with zero attached hydrogens (tertiary/aromatic N) is 1. The number of hydrogen-bond donors (Lipinski definition) is 2. The summed E-state index contributed by atoms with van der Waals surface area (Å²) in [7, 11) is 3.48. The van der Waals surface area contributed by atoms with Gasteiger partial charge in [-0.15, -0.1) is 11.3 Å². The van der Waals surface area contributed by atoms with Crippen LogP contribution in [0, 0.1) is 0 Å². The van der Waals surface area contributed by atoms with Gasteiger partial charge in [0.15, 0.2) is 5.13 Å². The molecular formula is C15H20ClN3OS. The van der Waals surface area contributed by atoms with Gasteiger partial charge >= 0.3 is 0 Å². The van der Waals surface area contributed by atoms with E-state index in [-0.39, 0.29) is 0 Å². The van der Waals surface area contributed by atoms with Crippen LogP contribution in [0.15, 0.2) is 18.2 Å². The van der Waals surface area contributed by atoms with Crippen LogP contribution in [0.2, 0.25) is 5.02 Å². The van der Waals surface area contributed by atoms with Crippen molar-refractivity contribution < 1.29 is 4.74 Å². The maximum Gasteiger partial charge on any atom is 0.183 e. The molecule has 114 valence electrons. The SMILES string of the molecule is CNc1nc(-c2ccc(OC)c(Cl)c2)c(C(C)CCN)s1. The van der Waals surface area contributed by atoms with Gasteiger partial charge in [-0.05, 0) is 37.1 Å². The van der Waals surface area contributed by atoms with Crippen molar-refractivity contribution in [2.75, 3.05) is 26.0 Å². The number of benzene rings is 1. The molecule has 0 spiro atoms. The largest absolute Gasteiger partial charge is 0.495 e. The van der Waals surface area contributed by atoms with Crippen LogP contribution in [-0.2, 0) is 0 Å². The molecular weight excluding hydrogens is 306 g/mol. The molecule has 0 saturated carbocycles. The molecule has 0 bridgehead atoms. The predicted octanol–water partition coefficient (Wildman–Crippen LogP) is 3.97. The number of rotatable bonds is 6. The summed E-state index contributed by atoms with van der Waals surface area (Å²) in [5, 5.41) is 4.60. The number of ether oxygens (including phenoxy) is 1. The predicted molar refractivity (Wildman–Crippen MR) is 90.7 cm³/mol. The minimum atomic E-state index is 0.366.